The van der Waals surface area contributed by atoms with E-state index < -0.39 is 9.84 Å². The zero-order valence-electron chi connectivity index (χ0n) is 15.7. The molecule has 2 aromatic carbocycles. The number of rotatable bonds is 5. The second-order valence-corrected chi connectivity index (χ2v) is 11.1. The molecule has 2 fully saturated rings. The molecule has 0 spiro atoms. The number of amidine groups is 1. The molecule has 1 amide bonds. The predicted octanol–water partition coefficient (Wildman–Crippen LogP) is 3.22. The standard InChI is InChI=1S/C21H21ClN2O3S2/c22-17-9-5-4-8-16(17)12-20(25)23-21-24(11-10-15-6-2-1-3-7-15)18-13-29(26,27)14-19(18)28-21/h1-9,18-19H,10-14H2/t18-,19-/m1/s1. The van der Waals surface area contributed by atoms with Crippen LogP contribution in [0.25, 0.3) is 0 Å². The van der Waals surface area contributed by atoms with Crippen molar-refractivity contribution >= 4 is 44.3 Å². The minimum atomic E-state index is -3.05. The minimum absolute atomic E-state index is 0.0670. The summed E-state index contributed by atoms with van der Waals surface area (Å²) in [7, 11) is -3.05. The molecule has 29 heavy (non-hydrogen) atoms. The number of carbonyl (C=O) groups excluding carboxylic acids is 1. The van der Waals surface area contributed by atoms with Crippen molar-refractivity contribution in [2.75, 3.05) is 18.1 Å². The van der Waals surface area contributed by atoms with Crippen LogP contribution in [0.15, 0.2) is 59.6 Å². The van der Waals surface area contributed by atoms with E-state index in [4.69, 9.17) is 11.6 Å². The van der Waals surface area contributed by atoms with E-state index in [9.17, 15) is 13.2 Å². The van der Waals surface area contributed by atoms with E-state index in [0.717, 1.165) is 12.0 Å². The normalized spacial score (nSPS) is 24.0. The van der Waals surface area contributed by atoms with Crippen molar-refractivity contribution in [3.05, 3.63) is 70.7 Å². The van der Waals surface area contributed by atoms with Crippen LogP contribution in [0.1, 0.15) is 11.1 Å². The summed E-state index contributed by atoms with van der Waals surface area (Å²) < 4.78 is 24.2. The van der Waals surface area contributed by atoms with Gasteiger partial charge in [-0.25, -0.2) is 8.42 Å². The number of nitrogens with zero attached hydrogens (tertiary/aromatic N) is 2. The number of hydrogen-bond donors (Lipinski definition) is 0. The Hall–Kier alpha value is -1.83. The van der Waals surface area contributed by atoms with E-state index in [0.29, 0.717) is 16.7 Å². The summed E-state index contributed by atoms with van der Waals surface area (Å²) in [5, 5.41) is 1.11. The van der Waals surface area contributed by atoms with Crippen molar-refractivity contribution in [3.8, 4) is 0 Å². The largest absolute Gasteiger partial charge is 0.346 e. The highest BCUT2D eigenvalue weighted by atomic mass is 35.5. The first kappa shape index (κ1) is 20.4. The lowest BCUT2D eigenvalue weighted by Crippen LogP contribution is -2.39. The lowest BCUT2D eigenvalue weighted by atomic mass is 10.1. The topological polar surface area (TPSA) is 66.8 Å². The van der Waals surface area contributed by atoms with Crippen LogP contribution in [0.3, 0.4) is 0 Å². The predicted molar refractivity (Wildman–Crippen MR) is 118 cm³/mol. The summed E-state index contributed by atoms with van der Waals surface area (Å²) in [6.07, 6.45) is 0.895. The van der Waals surface area contributed by atoms with Gasteiger partial charge in [0.05, 0.1) is 24.0 Å². The SMILES string of the molecule is O=C(Cc1ccccc1Cl)N=C1S[C@@H]2CS(=O)(=O)C[C@H]2N1CCc1ccccc1. The summed E-state index contributed by atoms with van der Waals surface area (Å²) in [5.74, 6) is -0.00727. The zero-order valence-corrected chi connectivity index (χ0v) is 18.1. The molecule has 0 aliphatic carbocycles. The molecule has 2 aliphatic heterocycles. The number of thioether (sulfide) groups is 1. The second kappa shape index (κ2) is 8.50. The van der Waals surface area contributed by atoms with Crippen LogP contribution in [0.4, 0.5) is 0 Å². The fraction of sp³-hybridized carbons (Fsp3) is 0.333. The fourth-order valence-corrected chi connectivity index (χ4v) is 7.94. The summed E-state index contributed by atoms with van der Waals surface area (Å²) >= 11 is 7.57. The van der Waals surface area contributed by atoms with Gasteiger partial charge >= 0.3 is 0 Å². The summed E-state index contributed by atoms with van der Waals surface area (Å²) in [4.78, 5) is 18.9. The van der Waals surface area contributed by atoms with Crippen LogP contribution in [-0.4, -0.2) is 53.7 Å². The van der Waals surface area contributed by atoms with Crippen molar-refractivity contribution in [1.82, 2.24) is 4.90 Å². The van der Waals surface area contributed by atoms with Gasteiger partial charge in [0, 0.05) is 16.8 Å². The molecule has 2 aromatic rings. The lowest BCUT2D eigenvalue weighted by Gasteiger charge is -2.24. The smallest absolute Gasteiger partial charge is 0.252 e. The first-order chi connectivity index (χ1) is 13.9. The van der Waals surface area contributed by atoms with Crippen molar-refractivity contribution < 1.29 is 13.2 Å². The molecule has 2 heterocycles. The summed E-state index contributed by atoms with van der Waals surface area (Å²) in [6, 6.07) is 17.1. The molecule has 5 nitrogen and oxygen atoms in total. The van der Waals surface area contributed by atoms with Gasteiger partial charge in [-0.05, 0) is 23.6 Å². The Kier molecular flexibility index (Phi) is 5.99. The number of aliphatic imine (C=N–C) groups is 1. The molecular weight excluding hydrogens is 428 g/mol. The first-order valence-corrected chi connectivity index (χ1v) is 12.5. The maximum Gasteiger partial charge on any atom is 0.252 e. The van der Waals surface area contributed by atoms with Crippen LogP contribution >= 0.6 is 23.4 Å². The number of benzene rings is 2. The Bertz CT molecular complexity index is 1040. The van der Waals surface area contributed by atoms with E-state index in [1.54, 1.807) is 6.07 Å². The molecule has 2 aliphatic rings. The van der Waals surface area contributed by atoms with Gasteiger partial charge in [-0.15, -0.1) is 0 Å². The van der Waals surface area contributed by atoms with Gasteiger partial charge in [0.25, 0.3) is 5.91 Å². The summed E-state index contributed by atoms with van der Waals surface area (Å²) in [5.41, 5.74) is 1.91. The number of carbonyl (C=O) groups is 1. The van der Waals surface area contributed by atoms with Crippen LogP contribution in [0.2, 0.25) is 5.02 Å². The molecule has 0 saturated carbocycles. The number of hydrogen-bond acceptors (Lipinski definition) is 4. The van der Waals surface area contributed by atoms with Crippen molar-refractivity contribution in [2.24, 2.45) is 4.99 Å². The molecule has 0 aromatic heterocycles. The molecule has 0 radical (unpaired) electrons. The van der Waals surface area contributed by atoms with E-state index >= 15 is 0 Å². The van der Waals surface area contributed by atoms with Crippen LogP contribution < -0.4 is 0 Å². The number of sulfone groups is 1. The molecule has 4 rings (SSSR count). The molecule has 0 N–H and O–H groups in total. The first-order valence-electron chi connectivity index (χ1n) is 9.44. The Labute approximate surface area is 180 Å². The third kappa shape index (κ3) is 4.85. The van der Waals surface area contributed by atoms with Crippen molar-refractivity contribution in [3.63, 3.8) is 0 Å². The third-order valence-corrected chi connectivity index (χ3v) is 8.80. The Morgan fingerprint density at radius 3 is 2.59 bits per heavy atom. The summed E-state index contributed by atoms with van der Waals surface area (Å²) in [6.45, 7) is 0.631. The Balaban J connectivity index is 1.53. The molecule has 0 unspecified atom stereocenters. The van der Waals surface area contributed by atoms with E-state index in [2.05, 4.69) is 4.99 Å². The van der Waals surface area contributed by atoms with Crippen molar-refractivity contribution in [1.29, 1.82) is 0 Å². The van der Waals surface area contributed by atoms with Crippen LogP contribution in [-0.2, 0) is 27.5 Å². The molecular formula is C21H21ClN2O3S2. The van der Waals surface area contributed by atoms with Crippen molar-refractivity contribution in [2.45, 2.75) is 24.1 Å². The quantitative estimate of drug-likeness (QED) is 0.702. The van der Waals surface area contributed by atoms with E-state index in [1.165, 1.54) is 17.3 Å². The molecule has 152 valence electrons. The highest BCUT2D eigenvalue weighted by molar-refractivity contribution is 8.15. The Morgan fingerprint density at radius 1 is 1.10 bits per heavy atom. The van der Waals surface area contributed by atoms with Gasteiger partial charge in [0.2, 0.25) is 0 Å². The molecule has 0 bridgehead atoms. The van der Waals surface area contributed by atoms with Gasteiger partial charge < -0.3 is 4.90 Å². The third-order valence-electron chi connectivity index (χ3n) is 5.18. The second-order valence-electron chi connectivity index (χ2n) is 7.29. The zero-order chi connectivity index (χ0) is 20.4. The van der Waals surface area contributed by atoms with Gasteiger partial charge in [-0.2, -0.15) is 4.99 Å². The van der Waals surface area contributed by atoms with Gasteiger partial charge in [-0.3, -0.25) is 4.79 Å². The highest BCUT2D eigenvalue weighted by Gasteiger charge is 2.48. The fourth-order valence-electron chi connectivity index (χ4n) is 3.74. The highest BCUT2D eigenvalue weighted by Crippen LogP contribution is 2.38. The van der Waals surface area contributed by atoms with E-state index in [1.807, 2.05) is 53.4 Å². The maximum atomic E-state index is 12.6. The number of halogens is 1. The molecule has 8 heteroatoms. The average molecular weight is 449 g/mol. The lowest BCUT2D eigenvalue weighted by molar-refractivity contribution is -0.117. The van der Waals surface area contributed by atoms with Crippen LogP contribution in [0.5, 0.6) is 0 Å². The number of fused-ring (bicyclic) bond motifs is 1. The van der Waals surface area contributed by atoms with Crippen LogP contribution in [0, 0.1) is 0 Å². The molecule has 2 atom stereocenters. The maximum absolute atomic E-state index is 12.6. The minimum Gasteiger partial charge on any atom is -0.346 e. The van der Waals surface area contributed by atoms with E-state index in [-0.39, 0.29) is 35.1 Å². The van der Waals surface area contributed by atoms with Gasteiger partial charge in [-0.1, -0.05) is 71.9 Å². The van der Waals surface area contributed by atoms with Gasteiger partial charge in [0.15, 0.2) is 15.0 Å². The monoisotopic (exact) mass is 448 g/mol. The molecule has 2 saturated heterocycles. The Morgan fingerprint density at radius 2 is 1.83 bits per heavy atom. The average Bonchev–Trinajstić information content (AvgIpc) is 3.14. The number of amides is 1. The van der Waals surface area contributed by atoms with Gasteiger partial charge in [0.1, 0.15) is 0 Å².